The van der Waals surface area contributed by atoms with Gasteiger partial charge in [-0.3, -0.25) is 9.69 Å². The number of hydrogen-bond acceptors (Lipinski definition) is 3. The molecule has 2 aromatic rings. The Morgan fingerprint density at radius 2 is 1.56 bits per heavy atom. The normalized spacial score (nSPS) is 16.5. The third-order valence-corrected chi connectivity index (χ3v) is 5.19. The number of nitrogens with zero attached hydrogens (tertiary/aromatic N) is 2. The number of halogens is 2. The van der Waals surface area contributed by atoms with Crippen molar-refractivity contribution >= 4 is 30.0 Å². The van der Waals surface area contributed by atoms with Crippen LogP contribution in [0.15, 0.2) is 54.6 Å². The molecule has 0 saturated carbocycles. The molecule has 146 valence electrons. The number of carbonyl (C=O) groups is 1. The molecule has 1 N–H and O–H groups in total. The van der Waals surface area contributed by atoms with Crippen molar-refractivity contribution in [2.24, 2.45) is 0 Å². The summed E-state index contributed by atoms with van der Waals surface area (Å²) in [5, 5.41) is 9.55. The highest BCUT2D eigenvalue weighted by atomic mass is 35.5. The van der Waals surface area contributed by atoms with Crippen LogP contribution < -0.4 is 0 Å². The van der Waals surface area contributed by atoms with Crippen molar-refractivity contribution in [2.75, 3.05) is 32.7 Å². The maximum Gasteiger partial charge on any atom is 0.303 e. The van der Waals surface area contributed by atoms with Gasteiger partial charge in [0.2, 0.25) is 0 Å². The molecule has 0 bridgehead atoms. The fourth-order valence-corrected chi connectivity index (χ4v) is 3.72. The second kappa shape index (κ2) is 10.7. The molecule has 3 rings (SSSR count). The summed E-state index contributed by atoms with van der Waals surface area (Å²) in [6, 6.07) is 18.9. The molecule has 1 atom stereocenters. The highest BCUT2D eigenvalue weighted by Crippen LogP contribution is 2.30. The van der Waals surface area contributed by atoms with E-state index in [2.05, 4.69) is 46.2 Å². The zero-order valence-electron chi connectivity index (χ0n) is 15.3. The van der Waals surface area contributed by atoms with E-state index < -0.39 is 5.97 Å². The molecule has 6 heteroatoms. The quantitative estimate of drug-likeness (QED) is 0.739. The molecule has 27 heavy (non-hydrogen) atoms. The number of piperazine rings is 1. The summed E-state index contributed by atoms with van der Waals surface area (Å²) in [4.78, 5) is 15.6. The molecule has 1 aliphatic rings. The first-order chi connectivity index (χ1) is 12.6. The molecule has 1 fully saturated rings. The van der Waals surface area contributed by atoms with Gasteiger partial charge < -0.3 is 10.0 Å². The average molecular weight is 409 g/mol. The molecule has 0 radical (unpaired) electrons. The molecule has 0 aromatic heterocycles. The summed E-state index contributed by atoms with van der Waals surface area (Å²) in [6.45, 7) is 4.73. The fourth-order valence-electron chi connectivity index (χ4n) is 3.59. The number of carboxylic acids is 1. The molecule has 0 amide bonds. The molecule has 0 unspecified atom stereocenters. The zero-order valence-corrected chi connectivity index (χ0v) is 16.8. The van der Waals surface area contributed by atoms with Crippen LogP contribution in [-0.4, -0.2) is 53.6 Å². The van der Waals surface area contributed by atoms with Gasteiger partial charge in [0, 0.05) is 37.6 Å². The predicted octanol–water partition coefficient (Wildman–Crippen LogP) is 4.33. The highest BCUT2D eigenvalue weighted by molar-refractivity contribution is 6.30. The van der Waals surface area contributed by atoms with E-state index in [1.807, 2.05) is 18.2 Å². The molecule has 1 saturated heterocycles. The van der Waals surface area contributed by atoms with Crippen LogP contribution in [0, 0.1) is 0 Å². The van der Waals surface area contributed by atoms with Gasteiger partial charge in [0.1, 0.15) is 0 Å². The number of aliphatic carboxylic acids is 1. The fraction of sp³-hybridized carbons (Fsp3) is 0.381. The Bertz CT molecular complexity index is 702. The van der Waals surface area contributed by atoms with Crippen molar-refractivity contribution in [3.63, 3.8) is 0 Å². The lowest BCUT2D eigenvalue weighted by molar-refractivity contribution is -0.137. The summed E-state index contributed by atoms with van der Waals surface area (Å²) >= 11 is 6.08. The predicted molar refractivity (Wildman–Crippen MR) is 112 cm³/mol. The first kappa shape index (κ1) is 21.7. The minimum Gasteiger partial charge on any atom is -0.481 e. The molecule has 2 aromatic carbocycles. The van der Waals surface area contributed by atoms with E-state index in [9.17, 15) is 4.79 Å². The van der Waals surface area contributed by atoms with E-state index in [0.717, 1.165) is 37.7 Å². The SMILES string of the molecule is Cl.O=C(O)CCCN1CCN([C@H](c2ccccc2)c2ccc(Cl)cc2)CC1. The average Bonchev–Trinajstić information content (AvgIpc) is 2.65. The number of carboxylic acid groups (broad SMARTS) is 1. The maximum absolute atomic E-state index is 10.7. The summed E-state index contributed by atoms with van der Waals surface area (Å²) in [5.41, 5.74) is 2.54. The number of benzene rings is 2. The van der Waals surface area contributed by atoms with Crippen LogP contribution in [0.2, 0.25) is 5.02 Å². The van der Waals surface area contributed by atoms with Crippen LogP contribution in [0.25, 0.3) is 0 Å². The molecule has 0 aliphatic carbocycles. The van der Waals surface area contributed by atoms with Gasteiger partial charge in [-0.25, -0.2) is 0 Å². The Labute approximate surface area is 172 Å². The summed E-state index contributed by atoms with van der Waals surface area (Å²) in [6.07, 6.45) is 0.965. The van der Waals surface area contributed by atoms with E-state index in [1.54, 1.807) is 0 Å². The van der Waals surface area contributed by atoms with E-state index >= 15 is 0 Å². The lowest BCUT2D eigenvalue weighted by Crippen LogP contribution is -2.48. The molecular formula is C21H26Cl2N2O2. The Hall–Kier alpha value is -1.59. The van der Waals surface area contributed by atoms with Gasteiger partial charge in [-0.2, -0.15) is 0 Å². The third-order valence-electron chi connectivity index (χ3n) is 4.94. The van der Waals surface area contributed by atoms with Crippen molar-refractivity contribution in [3.8, 4) is 0 Å². The van der Waals surface area contributed by atoms with Crippen molar-refractivity contribution in [3.05, 3.63) is 70.7 Å². The van der Waals surface area contributed by atoms with E-state index in [1.165, 1.54) is 11.1 Å². The van der Waals surface area contributed by atoms with Crippen LogP contribution in [0.3, 0.4) is 0 Å². The van der Waals surface area contributed by atoms with E-state index in [4.69, 9.17) is 16.7 Å². The smallest absolute Gasteiger partial charge is 0.303 e. The van der Waals surface area contributed by atoms with Crippen LogP contribution in [0.5, 0.6) is 0 Å². The first-order valence-electron chi connectivity index (χ1n) is 9.12. The minimum atomic E-state index is -0.712. The third kappa shape index (κ3) is 6.22. The van der Waals surface area contributed by atoms with Gasteiger partial charge in [-0.05, 0) is 36.2 Å². The number of hydrogen-bond donors (Lipinski definition) is 1. The Balaban J connectivity index is 0.00000261. The summed E-state index contributed by atoms with van der Waals surface area (Å²) in [7, 11) is 0. The van der Waals surface area contributed by atoms with Crippen molar-refractivity contribution < 1.29 is 9.90 Å². The molecule has 0 spiro atoms. The van der Waals surface area contributed by atoms with Gasteiger partial charge >= 0.3 is 5.97 Å². The lowest BCUT2D eigenvalue weighted by atomic mass is 9.96. The van der Waals surface area contributed by atoms with Gasteiger partial charge in [-0.1, -0.05) is 54.1 Å². The minimum absolute atomic E-state index is 0. The first-order valence-corrected chi connectivity index (χ1v) is 9.50. The lowest BCUT2D eigenvalue weighted by Gasteiger charge is -2.39. The monoisotopic (exact) mass is 408 g/mol. The van der Waals surface area contributed by atoms with Crippen molar-refractivity contribution in [1.29, 1.82) is 0 Å². The van der Waals surface area contributed by atoms with Gasteiger partial charge in [-0.15, -0.1) is 12.4 Å². The van der Waals surface area contributed by atoms with Crippen molar-refractivity contribution in [1.82, 2.24) is 9.80 Å². The topological polar surface area (TPSA) is 43.8 Å². The van der Waals surface area contributed by atoms with Crippen LogP contribution in [0.1, 0.15) is 30.0 Å². The molecular weight excluding hydrogens is 383 g/mol. The second-order valence-electron chi connectivity index (χ2n) is 6.74. The second-order valence-corrected chi connectivity index (χ2v) is 7.18. The van der Waals surface area contributed by atoms with Crippen LogP contribution in [0.4, 0.5) is 0 Å². The summed E-state index contributed by atoms with van der Waals surface area (Å²) < 4.78 is 0. The molecule has 4 nitrogen and oxygen atoms in total. The highest BCUT2D eigenvalue weighted by Gasteiger charge is 2.26. The van der Waals surface area contributed by atoms with Gasteiger partial charge in [0.15, 0.2) is 0 Å². The van der Waals surface area contributed by atoms with Gasteiger partial charge in [0.05, 0.1) is 6.04 Å². The van der Waals surface area contributed by atoms with E-state index in [-0.39, 0.29) is 24.9 Å². The Kier molecular flexibility index (Phi) is 8.58. The maximum atomic E-state index is 10.7. The van der Waals surface area contributed by atoms with Crippen LogP contribution in [-0.2, 0) is 4.79 Å². The van der Waals surface area contributed by atoms with Gasteiger partial charge in [0.25, 0.3) is 0 Å². The standard InChI is InChI=1S/C21H25ClN2O2.ClH/c22-19-10-8-18(9-11-19)21(17-5-2-1-3-6-17)24-15-13-23(14-16-24)12-4-7-20(25)26;/h1-3,5-6,8-11,21H,4,7,12-16H2,(H,25,26);1H/t21-;/m1./s1. The van der Waals surface area contributed by atoms with E-state index in [0.29, 0.717) is 6.42 Å². The molecule has 1 aliphatic heterocycles. The Morgan fingerprint density at radius 3 is 2.15 bits per heavy atom. The number of rotatable bonds is 7. The van der Waals surface area contributed by atoms with Crippen molar-refractivity contribution in [2.45, 2.75) is 18.9 Å². The Morgan fingerprint density at radius 1 is 0.963 bits per heavy atom. The zero-order chi connectivity index (χ0) is 18.4. The van der Waals surface area contributed by atoms with Crippen LogP contribution >= 0.6 is 24.0 Å². The largest absolute Gasteiger partial charge is 0.481 e. The molecule has 1 heterocycles. The summed E-state index contributed by atoms with van der Waals surface area (Å²) in [5.74, 6) is -0.712.